The predicted octanol–water partition coefficient (Wildman–Crippen LogP) is 1.77. The molecule has 0 saturated carbocycles. The van der Waals surface area contributed by atoms with Gasteiger partial charge in [-0.3, -0.25) is 9.59 Å². The van der Waals surface area contributed by atoms with Crippen LogP contribution in [0.4, 0.5) is 0 Å². The van der Waals surface area contributed by atoms with E-state index in [0.717, 1.165) is 0 Å². The minimum absolute atomic E-state index is 0.0171. The van der Waals surface area contributed by atoms with Gasteiger partial charge in [0.25, 0.3) is 5.56 Å². The molecule has 8 nitrogen and oxygen atoms in total. The van der Waals surface area contributed by atoms with Gasteiger partial charge in [-0.2, -0.15) is 5.10 Å². The van der Waals surface area contributed by atoms with Gasteiger partial charge in [0.2, 0.25) is 15.9 Å². The maximum Gasteiger partial charge on any atom is 0.272 e. The number of hydrogen-bond acceptors (Lipinski definition) is 5. The molecule has 2 aromatic carbocycles. The number of benzene rings is 2. The maximum absolute atomic E-state index is 12.5. The first-order chi connectivity index (χ1) is 13.8. The summed E-state index contributed by atoms with van der Waals surface area (Å²) in [5, 5.41) is 10.6. The van der Waals surface area contributed by atoms with Crippen LogP contribution in [0.1, 0.15) is 18.5 Å². The Morgan fingerprint density at radius 1 is 1.10 bits per heavy atom. The van der Waals surface area contributed by atoms with Gasteiger partial charge >= 0.3 is 0 Å². The quantitative estimate of drug-likeness (QED) is 0.489. The van der Waals surface area contributed by atoms with Gasteiger partial charge in [0.1, 0.15) is 0 Å². The minimum atomic E-state index is -3.69. The summed E-state index contributed by atoms with van der Waals surface area (Å²) in [7, 11) is -3.69. The summed E-state index contributed by atoms with van der Waals surface area (Å²) >= 11 is 5.76. The summed E-state index contributed by atoms with van der Waals surface area (Å²) in [5.74, 6) is -0.968. The molecule has 0 saturated heterocycles. The molecule has 0 aliphatic rings. The summed E-state index contributed by atoms with van der Waals surface area (Å²) in [6.45, 7) is 1.78. The smallest absolute Gasteiger partial charge is 0.272 e. The Hall–Kier alpha value is -2.75. The third-order valence-electron chi connectivity index (χ3n) is 4.37. The molecule has 3 rings (SSSR count). The largest absolute Gasteiger partial charge is 0.354 e. The first kappa shape index (κ1) is 21.0. The number of hydrogen-bond donors (Lipinski definition) is 3. The average Bonchev–Trinajstić information content (AvgIpc) is 2.71. The SMILES string of the molecule is CC(C(=O)NCCNS(=O)(=O)c1ccc(Cl)cc1)c1n[nH]c(=O)c2ccccc12. The molecule has 10 heteroatoms. The van der Waals surface area contributed by atoms with Crippen LogP contribution in [-0.2, 0) is 14.8 Å². The lowest BCUT2D eigenvalue weighted by molar-refractivity contribution is -0.122. The number of nitrogens with zero attached hydrogens (tertiary/aromatic N) is 1. The number of halogens is 1. The molecule has 152 valence electrons. The molecular formula is C19H19ClN4O4S. The summed E-state index contributed by atoms with van der Waals surface area (Å²) in [5.41, 5.74) is 0.119. The molecule has 3 aromatic rings. The van der Waals surface area contributed by atoms with Crippen molar-refractivity contribution in [3.8, 4) is 0 Å². The Morgan fingerprint density at radius 2 is 1.76 bits per heavy atom. The zero-order chi connectivity index (χ0) is 21.0. The Kier molecular flexibility index (Phi) is 6.31. The Labute approximate surface area is 172 Å². The van der Waals surface area contributed by atoms with Crippen molar-refractivity contribution in [2.45, 2.75) is 17.7 Å². The molecule has 0 spiro atoms. The predicted molar refractivity (Wildman–Crippen MR) is 110 cm³/mol. The van der Waals surface area contributed by atoms with E-state index in [0.29, 0.717) is 21.5 Å². The first-order valence-corrected chi connectivity index (χ1v) is 10.7. The highest BCUT2D eigenvalue weighted by Gasteiger charge is 2.20. The second-order valence-corrected chi connectivity index (χ2v) is 8.55. The topological polar surface area (TPSA) is 121 Å². The lowest BCUT2D eigenvalue weighted by Crippen LogP contribution is -2.36. The van der Waals surface area contributed by atoms with Crippen molar-refractivity contribution >= 4 is 38.3 Å². The molecule has 0 aliphatic heterocycles. The van der Waals surface area contributed by atoms with E-state index < -0.39 is 15.9 Å². The molecular weight excluding hydrogens is 416 g/mol. The van der Waals surface area contributed by atoms with Gasteiger partial charge in [0.15, 0.2) is 0 Å². The maximum atomic E-state index is 12.5. The van der Waals surface area contributed by atoms with Gasteiger partial charge in [-0.1, -0.05) is 29.8 Å². The monoisotopic (exact) mass is 434 g/mol. The van der Waals surface area contributed by atoms with E-state index in [4.69, 9.17) is 11.6 Å². The summed E-state index contributed by atoms with van der Waals surface area (Å²) in [6, 6.07) is 12.7. The second-order valence-electron chi connectivity index (χ2n) is 6.35. The third kappa shape index (κ3) is 4.81. The van der Waals surface area contributed by atoms with Crippen molar-refractivity contribution in [1.82, 2.24) is 20.2 Å². The van der Waals surface area contributed by atoms with E-state index in [1.165, 1.54) is 24.3 Å². The van der Waals surface area contributed by atoms with Gasteiger partial charge < -0.3 is 5.32 Å². The molecule has 29 heavy (non-hydrogen) atoms. The lowest BCUT2D eigenvalue weighted by Gasteiger charge is -2.14. The molecule has 1 unspecified atom stereocenters. The summed E-state index contributed by atoms with van der Waals surface area (Å²) < 4.78 is 26.8. The molecule has 0 fully saturated rings. The van der Waals surface area contributed by atoms with Crippen LogP contribution in [0.5, 0.6) is 0 Å². The molecule has 1 heterocycles. The fourth-order valence-corrected chi connectivity index (χ4v) is 3.97. The van der Waals surface area contributed by atoms with Crippen molar-refractivity contribution in [1.29, 1.82) is 0 Å². The number of carbonyl (C=O) groups is 1. The molecule has 0 bridgehead atoms. The fraction of sp³-hybridized carbons (Fsp3) is 0.211. The highest BCUT2D eigenvalue weighted by molar-refractivity contribution is 7.89. The van der Waals surface area contributed by atoms with Crippen LogP contribution in [0.2, 0.25) is 5.02 Å². The van der Waals surface area contributed by atoms with Gasteiger partial charge in [-0.25, -0.2) is 18.2 Å². The highest BCUT2D eigenvalue weighted by Crippen LogP contribution is 2.20. The van der Waals surface area contributed by atoms with E-state index in [9.17, 15) is 18.0 Å². The number of aromatic amines is 1. The van der Waals surface area contributed by atoms with Crippen molar-refractivity contribution in [2.24, 2.45) is 0 Å². The summed E-state index contributed by atoms with van der Waals surface area (Å²) in [6.07, 6.45) is 0. The molecule has 1 atom stereocenters. The molecule has 3 N–H and O–H groups in total. The Morgan fingerprint density at radius 3 is 2.45 bits per heavy atom. The van der Waals surface area contributed by atoms with Gasteiger partial charge in [-0.15, -0.1) is 0 Å². The number of sulfonamides is 1. The molecule has 0 radical (unpaired) electrons. The van der Waals surface area contributed by atoms with Crippen molar-refractivity contribution in [3.63, 3.8) is 0 Å². The minimum Gasteiger partial charge on any atom is -0.354 e. The van der Waals surface area contributed by atoms with Crippen LogP contribution in [0.3, 0.4) is 0 Å². The number of amides is 1. The lowest BCUT2D eigenvalue weighted by atomic mass is 10.0. The molecule has 1 aromatic heterocycles. The Bertz CT molecular complexity index is 1190. The zero-order valence-electron chi connectivity index (χ0n) is 15.5. The number of aromatic nitrogens is 2. The van der Waals surface area contributed by atoms with E-state index in [-0.39, 0.29) is 29.5 Å². The Balaban J connectivity index is 1.61. The van der Waals surface area contributed by atoms with E-state index in [2.05, 4.69) is 20.2 Å². The van der Waals surface area contributed by atoms with Crippen molar-refractivity contribution < 1.29 is 13.2 Å². The fourth-order valence-electron chi connectivity index (χ4n) is 2.81. The third-order valence-corrected chi connectivity index (χ3v) is 6.10. The highest BCUT2D eigenvalue weighted by atomic mass is 35.5. The van der Waals surface area contributed by atoms with Crippen LogP contribution >= 0.6 is 11.6 Å². The first-order valence-electron chi connectivity index (χ1n) is 8.80. The number of carbonyl (C=O) groups excluding carboxylic acids is 1. The van der Waals surface area contributed by atoms with E-state index in [1.807, 2.05) is 0 Å². The van der Waals surface area contributed by atoms with Crippen molar-refractivity contribution in [2.75, 3.05) is 13.1 Å². The van der Waals surface area contributed by atoms with Crippen LogP contribution in [0.25, 0.3) is 10.8 Å². The number of H-pyrrole nitrogens is 1. The second kappa shape index (κ2) is 8.73. The van der Waals surface area contributed by atoms with Gasteiger partial charge in [0, 0.05) is 23.5 Å². The van der Waals surface area contributed by atoms with Gasteiger partial charge in [0.05, 0.1) is 21.9 Å². The van der Waals surface area contributed by atoms with Gasteiger partial charge in [-0.05, 0) is 37.3 Å². The zero-order valence-corrected chi connectivity index (χ0v) is 17.0. The molecule has 0 aliphatic carbocycles. The van der Waals surface area contributed by atoms with Crippen LogP contribution in [0, 0.1) is 0 Å². The number of fused-ring (bicyclic) bond motifs is 1. The molecule has 1 amide bonds. The van der Waals surface area contributed by atoms with Crippen LogP contribution in [0.15, 0.2) is 58.2 Å². The standard InChI is InChI=1S/C19H19ClN4O4S/c1-12(17-15-4-2-3-5-16(15)19(26)24-23-17)18(25)21-10-11-22-29(27,28)14-8-6-13(20)7-9-14/h2-9,12,22H,10-11H2,1H3,(H,21,25)(H,24,26). The van der Waals surface area contributed by atoms with E-state index >= 15 is 0 Å². The van der Waals surface area contributed by atoms with Crippen LogP contribution < -0.4 is 15.6 Å². The normalized spacial score (nSPS) is 12.6. The number of nitrogens with one attached hydrogen (secondary N) is 3. The van der Waals surface area contributed by atoms with Crippen molar-refractivity contribution in [3.05, 3.63) is 69.6 Å². The number of rotatable bonds is 7. The van der Waals surface area contributed by atoms with E-state index in [1.54, 1.807) is 31.2 Å². The average molecular weight is 435 g/mol. The van der Waals surface area contributed by atoms with Crippen LogP contribution in [-0.4, -0.2) is 37.6 Å². The summed E-state index contributed by atoms with van der Waals surface area (Å²) in [4.78, 5) is 24.4.